The lowest BCUT2D eigenvalue weighted by Crippen LogP contribution is -2.30. The predicted molar refractivity (Wildman–Crippen MR) is 61.5 cm³/mol. The van der Waals surface area contributed by atoms with Crippen LogP contribution in [0.3, 0.4) is 0 Å². The predicted octanol–water partition coefficient (Wildman–Crippen LogP) is 2.00. The van der Waals surface area contributed by atoms with Crippen LogP contribution in [0.25, 0.3) is 0 Å². The molecule has 0 aromatic carbocycles. The molecule has 0 bridgehead atoms. The number of hydrogen-bond donors (Lipinski definition) is 1. The van der Waals surface area contributed by atoms with Crippen LogP contribution < -0.4 is 5.32 Å². The average molecular weight is 208 g/mol. The van der Waals surface area contributed by atoms with Crippen molar-refractivity contribution in [1.29, 1.82) is 0 Å². The summed E-state index contributed by atoms with van der Waals surface area (Å²) >= 11 is 1.71. The molecule has 0 amide bonds. The quantitative estimate of drug-likeness (QED) is 0.749. The monoisotopic (exact) mass is 208 g/mol. The molecule has 0 fully saturated rings. The van der Waals surface area contributed by atoms with Crippen LogP contribution in [0, 0.1) is 19.3 Å². The van der Waals surface area contributed by atoms with Crippen LogP contribution in [-0.4, -0.2) is 17.6 Å². The maximum absolute atomic E-state index is 5.31. The van der Waals surface area contributed by atoms with E-state index in [0.29, 0.717) is 6.04 Å². The normalized spacial score (nSPS) is 12.4. The molecule has 14 heavy (non-hydrogen) atoms. The summed E-state index contributed by atoms with van der Waals surface area (Å²) in [4.78, 5) is 4.42. The summed E-state index contributed by atoms with van der Waals surface area (Å²) in [6.45, 7) is 5.07. The molecule has 1 N–H and O–H groups in total. The molecule has 0 aliphatic heterocycles. The second-order valence-corrected chi connectivity index (χ2v) is 4.19. The Morgan fingerprint density at radius 1 is 1.71 bits per heavy atom. The van der Waals surface area contributed by atoms with Crippen LogP contribution in [0.5, 0.6) is 0 Å². The zero-order valence-electron chi connectivity index (χ0n) is 8.71. The van der Waals surface area contributed by atoms with E-state index >= 15 is 0 Å². The fraction of sp³-hybridized carbons (Fsp3) is 0.545. The van der Waals surface area contributed by atoms with Crippen molar-refractivity contribution in [3.05, 3.63) is 16.1 Å². The Balaban J connectivity index is 2.51. The van der Waals surface area contributed by atoms with E-state index in [9.17, 15) is 0 Å². The van der Waals surface area contributed by atoms with Gasteiger partial charge in [-0.1, -0.05) is 6.92 Å². The topological polar surface area (TPSA) is 24.9 Å². The van der Waals surface area contributed by atoms with Gasteiger partial charge >= 0.3 is 0 Å². The van der Waals surface area contributed by atoms with Gasteiger partial charge in [-0.05, 0) is 13.5 Å². The van der Waals surface area contributed by atoms with Crippen molar-refractivity contribution in [3.63, 3.8) is 0 Å². The molecule has 76 valence electrons. The SMILES string of the molecule is C#CCC(Cc1nc(C)cs1)NCC. The molecule has 1 unspecified atom stereocenters. The molecule has 1 heterocycles. The van der Waals surface area contributed by atoms with Crippen LogP contribution in [0.2, 0.25) is 0 Å². The standard InChI is InChI=1S/C11H16N2S/c1-4-6-10(12-5-2)7-11-13-9(3)8-14-11/h1,8,10,12H,5-7H2,2-3H3. The summed E-state index contributed by atoms with van der Waals surface area (Å²) < 4.78 is 0. The van der Waals surface area contributed by atoms with Crippen LogP contribution in [-0.2, 0) is 6.42 Å². The summed E-state index contributed by atoms with van der Waals surface area (Å²) in [5.41, 5.74) is 1.10. The van der Waals surface area contributed by atoms with Crippen LogP contribution in [0.15, 0.2) is 5.38 Å². The van der Waals surface area contributed by atoms with Gasteiger partial charge in [-0.2, -0.15) is 0 Å². The number of terminal acetylenes is 1. The minimum Gasteiger partial charge on any atom is -0.313 e. The van der Waals surface area contributed by atoms with Gasteiger partial charge in [0, 0.05) is 30.0 Å². The summed E-state index contributed by atoms with van der Waals surface area (Å²) in [5.74, 6) is 2.69. The summed E-state index contributed by atoms with van der Waals surface area (Å²) in [6.07, 6.45) is 7.02. The van der Waals surface area contributed by atoms with Gasteiger partial charge in [0.05, 0.1) is 5.01 Å². The highest BCUT2D eigenvalue weighted by atomic mass is 32.1. The first-order valence-electron chi connectivity index (χ1n) is 4.84. The summed E-state index contributed by atoms with van der Waals surface area (Å²) in [5, 5.41) is 6.61. The Labute approximate surface area is 89.8 Å². The zero-order chi connectivity index (χ0) is 10.4. The van der Waals surface area contributed by atoms with Gasteiger partial charge in [0.1, 0.15) is 0 Å². The summed E-state index contributed by atoms with van der Waals surface area (Å²) in [6, 6.07) is 0.371. The molecule has 1 aromatic rings. The third-order valence-electron chi connectivity index (χ3n) is 1.94. The van der Waals surface area contributed by atoms with E-state index in [1.807, 2.05) is 6.92 Å². The lowest BCUT2D eigenvalue weighted by atomic mass is 10.1. The number of nitrogens with zero attached hydrogens (tertiary/aromatic N) is 1. The largest absolute Gasteiger partial charge is 0.313 e. The van der Waals surface area contributed by atoms with Crippen LogP contribution in [0.1, 0.15) is 24.0 Å². The van der Waals surface area contributed by atoms with Gasteiger partial charge in [0.25, 0.3) is 0 Å². The Morgan fingerprint density at radius 2 is 2.50 bits per heavy atom. The minimum atomic E-state index is 0.371. The second-order valence-electron chi connectivity index (χ2n) is 3.25. The van der Waals surface area contributed by atoms with E-state index < -0.39 is 0 Å². The molecule has 0 saturated carbocycles. The number of thiazole rings is 1. The molecular formula is C11H16N2S. The Bertz CT molecular complexity index is 311. The number of nitrogens with one attached hydrogen (secondary N) is 1. The van der Waals surface area contributed by atoms with Crippen molar-refractivity contribution in [2.75, 3.05) is 6.54 Å². The Morgan fingerprint density at radius 3 is 3.00 bits per heavy atom. The van der Waals surface area contributed by atoms with Crippen LogP contribution >= 0.6 is 11.3 Å². The molecule has 0 aliphatic carbocycles. The van der Waals surface area contributed by atoms with E-state index in [1.165, 1.54) is 5.01 Å². The van der Waals surface area contributed by atoms with E-state index in [0.717, 1.165) is 25.1 Å². The molecule has 2 nitrogen and oxygen atoms in total. The summed E-state index contributed by atoms with van der Waals surface area (Å²) in [7, 11) is 0. The molecule has 1 rings (SSSR count). The van der Waals surface area contributed by atoms with Crippen molar-refractivity contribution in [3.8, 4) is 12.3 Å². The Hall–Kier alpha value is -0.850. The maximum atomic E-state index is 5.31. The third-order valence-corrected chi connectivity index (χ3v) is 2.93. The highest BCUT2D eigenvalue weighted by molar-refractivity contribution is 7.09. The van der Waals surface area contributed by atoms with Crippen molar-refractivity contribution < 1.29 is 0 Å². The smallest absolute Gasteiger partial charge is 0.0943 e. The number of aromatic nitrogens is 1. The highest BCUT2D eigenvalue weighted by Crippen LogP contribution is 2.12. The first-order valence-corrected chi connectivity index (χ1v) is 5.72. The lowest BCUT2D eigenvalue weighted by molar-refractivity contribution is 0.534. The highest BCUT2D eigenvalue weighted by Gasteiger charge is 2.08. The van der Waals surface area contributed by atoms with E-state index in [4.69, 9.17) is 6.42 Å². The Kier molecular flexibility index (Phi) is 4.64. The van der Waals surface area contributed by atoms with Gasteiger partial charge < -0.3 is 5.32 Å². The fourth-order valence-corrected chi connectivity index (χ4v) is 2.21. The van der Waals surface area contributed by atoms with E-state index in [-0.39, 0.29) is 0 Å². The zero-order valence-corrected chi connectivity index (χ0v) is 9.53. The van der Waals surface area contributed by atoms with Gasteiger partial charge in [-0.15, -0.1) is 23.7 Å². The molecule has 3 heteroatoms. The second kappa shape index (κ2) is 5.79. The number of rotatable bonds is 5. The molecule has 1 aromatic heterocycles. The first kappa shape index (κ1) is 11.2. The molecule has 0 saturated heterocycles. The lowest BCUT2D eigenvalue weighted by Gasteiger charge is -2.12. The van der Waals surface area contributed by atoms with Gasteiger partial charge in [0.15, 0.2) is 0 Å². The first-order chi connectivity index (χ1) is 6.76. The number of hydrogen-bond acceptors (Lipinski definition) is 3. The average Bonchev–Trinajstić information content (AvgIpc) is 2.52. The third kappa shape index (κ3) is 3.49. The molecular weight excluding hydrogens is 192 g/mol. The minimum absolute atomic E-state index is 0.371. The maximum Gasteiger partial charge on any atom is 0.0943 e. The van der Waals surface area contributed by atoms with Crippen molar-refractivity contribution in [2.45, 2.75) is 32.7 Å². The number of aryl methyl sites for hydroxylation is 1. The van der Waals surface area contributed by atoms with Gasteiger partial charge in [-0.3, -0.25) is 0 Å². The van der Waals surface area contributed by atoms with Gasteiger partial charge in [-0.25, -0.2) is 4.98 Å². The van der Waals surface area contributed by atoms with Crippen molar-refractivity contribution in [1.82, 2.24) is 10.3 Å². The molecule has 1 atom stereocenters. The van der Waals surface area contributed by atoms with Gasteiger partial charge in [0.2, 0.25) is 0 Å². The van der Waals surface area contributed by atoms with E-state index in [1.54, 1.807) is 11.3 Å². The molecule has 0 spiro atoms. The van der Waals surface area contributed by atoms with E-state index in [2.05, 4.69) is 28.5 Å². The van der Waals surface area contributed by atoms with Crippen LogP contribution in [0.4, 0.5) is 0 Å². The number of likely N-dealkylation sites (N-methyl/N-ethyl adjacent to an activating group) is 1. The van der Waals surface area contributed by atoms with Crippen molar-refractivity contribution >= 4 is 11.3 Å². The molecule has 0 radical (unpaired) electrons. The molecule has 0 aliphatic rings. The fourth-order valence-electron chi connectivity index (χ4n) is 1.35. The van der Waals surface area contributed by atoms with Crippen molar-refractivity contribution in [2.24, 2.45) is 0 Å².